The Balaban J connectivity index is 0.00000121. The second kappa shape index (κ2) is 5.76. The molecule has 0 aliphatic carbocycles. The number of nitrogens with zero attached hydrogens (tertiary/aromatic N) is 1. The van der Waals surface area contributed by atoms with Crippen LogP contribution in [0.1, 0.15) is 12.0 Å². The molecule has 1 aromatic heterocycles. The number of hydrogen-bond acceptors (Lipinski definition) is 3. The molecule has 3 heterocycles. The maximum absolute atomic E-state index is 5.64. The van der Waals surface area contributed by atoms with Crippen LogP contribution in [-0.4, -0.2) is 31.1 Å². The van der Waals surface area contributed by atoms with Crippen molar-refractivity contribution in [2.45, 2.75) is 13.0 Å². The molecule has 2 unspecified atom stereocenters. The molecule has 2 aromatic rings. The summed E-state index contributed by atoms with van der Waals surface area (Å²) in [5.74, 6) is 1.77. The smallest absolute Gasteiger partial charge is 0.134 e. The fourth-order valence-corrected chi connectivity index (χ4v) is 3.65. The molecule has 0 spiro atoms. The zero-order chi connectivity index (χ0) is 12.7. The summed E-state index contributed by atoms with van der Waals surface area (Å²) in [5.41, 5.74) is 2.34. The van der Waals surface area contributed by atoms with Crippen molar-refractivity contribution in [1.82, 2.24) is 10.2 Å². The van der Waals surface area contributed by atoms with Gasteiger partial charge in [-0.15, -0.1) is 12.4 Å². The van der Waals surface area contributed by atoms with Crippen molar-refractivity contribution in [2.75, 3.05) is 26.2 Å². The van der Waals surface area contributed by atoms with E-state index in [0.717, 1.165) is 24.0 Å². The molecule has 0 radical (unpaired) electrons. The van der Waals surface area contributed by atoms with Gasteiger partial charge in [0.15, 0.2) is 0 Å². The average Bonchev–Trinajstić information content (AvgIpc) is 3.06. The number of fused-ring (bicyclic) bond motifs is 2. The summed E-state index contributed by atoms with van der Waals surface area (Å²) in [6, 6.07) is 8.34. The van der Waals surface area contributed by atoms with Gasteiger partial charge in [0.2, 0.25) is 0 Å². The Bertz CT molecular complexity index is 583. The second-order valence-electron chi connectivity index (χ2n) is 5.96. The minimum absolute atomic E-state index is 0. The number of rotatable bonds is 2. The first-order valence-corrected chi connectivity index (χ1v) is 7.28. The Morgan fingerprint density at radius 3 is 3.00 bits per heavy atom. The van der Waals surface area contributed by atoms with Gasteiger partial charge >= 0.3 is 0 Å². The molecule has 1 N–H and O–H groups in total. The zero-order valence-corrected chi connectivity index (χ0v) is 12.4. The molecule has 20 heavy (non-hydrogen) atoms. The van der Waals surface area contributed by atoms with Gasteiger partial charge < -0.3 is 9.73 Å². The molecule has 0 amide bonds. The summed E-state index contributed by atoms with van der Waals surface area (Å²) in [7, 11) is 0. The summed E-state index contributed by atoms with van der Waals surface area (Å²) in [4.78, 5) is 2.59. The first-order chi connectivity index (χ1) is 9.40. The van der Waals surface area contributed by atoms with E-state index in [1.807, 2.05) is 18.4 Å². The largest absolute Gasteiger partial charge is 0.464 e. The van der Waals surface area contributed by atoms with Crippen molar-refractivity contribution >= 4 is 23.4 Å². The fraction of sp³-hybridized carbons (Fsp3) is 0.500. The van der Waals surface area contributed by atoms with Crippen LogP contribution in [0, 0.1) is 11.8 Å². The maximum atomic E-state index is 5.64. The van der Waals surface area contributed by atoms with Gasteiger partial charge in [-0.25, -0.2) is 0 Å². The molecule has 2 saturated heterocycles. The minimum atomic E-state index is 0. The predicted molar refractivity (Wildman–Crippen MR) is 83.2 cm³/mol. The van der Waals surface area contributed by atoms with E-state index >= 15 is 0 Å². The standard InChI is InChI=1S/C16H20N2O.ClH/c1-2-4-16-15(3-1)14(11-19-16)10-18-6-5-12-7-17-8-13(12)9-18;/h1-4,11-13,17H,5-10H2;1H. The van der Waals surface area contributed by atoms with Crippen molar-refractivity contribution < 1.29 is 4.42 Å². The Labute approximate surface area is 125 Å². The van der Waals surface area contributed by atoms with E-state index < -0.39 is 0 Å². The minimum Gasteiger partial charge on any atom is -0.464 e. The van der Waals surface area contributed by atoms with Gasteiger partial charge in [0, 0.05) is 24.0 Å². The molecule has 2 fully saturated rings. The quantitative estimate of drug-likeness (QED) is 0.922. The lowest BCUT2D eigenvalue weighted by molar-refractivity contribution is 0.142. The summed E-state index contributed by atoms with van der Waals surface area (Å²) in [5, 5.41) is 4.80. The number of hydrogen-bond donors (Lipinski definition) is 1. The molecule has 0 saturated carbocycles. The average molecular weight is 293 g/mol. The topological polar surface area (TPSA) is 28.4 Å². The molecule has 2 aliphatic rings. The van der Waals surface area contributed by atoms with Gasteiger partial charge in [-0.2, -0.15) is 0 Å². The molecule has 4 heteroatoms. The highest BCUT2D eigenvalue weighted by Gasteiger charge is 2.32. The van der Waals surface area contributed by atoms with Gasteiger partial charge in [-0.1, -0.05) is 18.2 Å². The number of nitrogens with one attached hydrogen (secondary N) is 1. The second-order valence-corrected chi connectivity index (χ2v) is 5.96. The van der Waals surface area contributed by atoms with Crippen LogP contribution in [-0.2, 0) is 6.54 Å². The van der Waals surface area contributed by atoms with Gasteiger partial charge in [0.1, 0.15) is 5.58 Å². The normalized spacial score (nSPS) is 26.4. The van der Waals surface area contributed by atoms with Crippen LogP contribution >= 0.6 is 12.4 Å². The van der Waals surface area contributed by atoms with Crippen molar-refractivity contribution in [1.29, 1.82) is 0 Å². The highest BCUT2D eigenvalue weighted by Crippen LogP contribution is 2.29. The molecule has 1 aromatic carbocycles. The SMILES string of the molecule is Cl.c1ccc2c(CN3CCC4CNCC4C3)coc2c1. The lowest BCUT2D eigenvalue weighted by Crippen LogP contribution is -2.39. The van der Waals surface area contributed by atoms with E-state index in [9.17, 15) is 0 Å². The molecular weight excluding hydrogens is 272 g/mol. The number of benzene rings is 1. The van der Waals surface area contributed by atoms with E-state index in [-0.39, 0.29) is 12.4 Å². The van der Waals surface area contributed by atoms with Crippen molar-refractivity contribution in [3.8, 4) is 0 Å². The highest BCUT2D eigenvalue weighted by atomic mass is 35.5. The first kappa shape index (κ1) is 13.9. The lowest BCUT2D eigenvalue weighted by Gasteiger charge is -2.34. The third-order valence-electron chi connectivity index (χ3n) is 4.74. The Morgan fingerprint density at radius 1 is 1.20 bits per heavy atom. The van der Waals surface area contributed by atoms with Crippen molar-refractivity contribution in [3.63, 3.8) is 0 Å². The van der Waals surface area contributed by atoms with E-state index in [4.69, 9.17) is 4.42 Å². The van der Waals surface area contributed by atoms with Crippen LogP contribution in [0.15, 0.2) is 34.9 Å². The summed E-state index contributed by atoms with van der Waals surface area (Å²) in [6.45, 7) is 5.92. The van der Waals surface area contributed by atoms with Crippen LogP contribution in [0.2, 0.25) is 0 Å². The first-order valence-electron chi connectivity index (χ1n) is 7.28. The molecular formula is C16H21ClN2O. The number of para-hydroxylation sites is 1. The molecule has 3 nitrogen and oxygen atoms in total. The third kappa shape index (κ3) is 2.46. The Kier molecular flexibility index (Phi) is 4.01. The summed E-state index contributed by atoms with van der Waals surface area (Å²) >= 11 is 0. The van der Waals surface area contributed by atoms with E-state index in [0.29, 0.717) is 0 Å². The highest BCUT2D eigenvalue weighted by molar-refractivity contribution is 5.85. The predicted octanol–water partition coefficient (Wildman–Crippen LogP) is 2.90. The van der Waals surface area contributed by atoms with Crippen LogP contribution in [0.4, 0.5) is 0 Å². The lowest BCUT2D eigenvalue weighted by atomic mass is 9.88. The molecule has 2 atom stereocenters. The maximum Gasteiger partial charge on any atom is 0.134 e. The van der Waals surface area contributed by atoms with E-state index in [1.165, 1.54) is 43.5 Å². The van der Waals surface area contributed by atoms with Gasteiger partial charge in [-0.05, 0) is 44.0 Å². The summed E-state index contributed by atoms with van der Waals surface area (Å²) < 4.78 is 5.64. The van der Waals surface area contributed by atoms with Crippen LogP contribution in [0.5, 0.6) is 0 Å². The Hall–Kier alpha value is -1.03. The van der Waals surface area contributed by atoms with E-state index in [1.54, 1.807) is 0 Å². The number of likely N-dealkylation sites (tertiary alicyclic amines) is 1. The molecule has 0 bridgehead atoms. The van der Waals surface area contributed by atoms with Crippen LogP contribution < -0.4 is 5.32 Å². The van der Waals surface area contributed by atoms with Crippen molar-refractivity contribution in [3.05, 3.63) is 36.1 Å². The number of furan rings is 1. The zero-order valence-electron chi connectivity index (χ0n) is 11.5. The fourth-order valence-electron chi connectivity index (χ4n) is 3.65. The molecule has 108 valence electrons. The van der Waals surface area contributed by atoms with Gasteiger partial charge in [-0.3, -0.25) is 4.90 Å². The van der Waals surface area contributed by atoms with Crippen LogP contribution in [0.25, 0.3) is 11.0 Å². The molecule has 2 aliphatic heterocycles. The monoisotopic (exact) mass is 292 g/mol. The van der Waals surface area contributed by atoms with Crippen molar-refractivity contribution in [2.24, 2.45) is 11.8 Å². The Morgan fingerprint density at radius 2 is 2.05 bits per heavy atom. The summed E-state index contributed by atoms with van der Waals surface area (Å²) in [6.07, 6.45) is 3.27. The van der Waals surface area contributed by atoms with E-state index in [2.05, 4.69) is 22.3 Å². The molecule has 4 rings (SSSR count). The number of piperidine rings is 1. The number of halogens is 1. The van der Waals surface area contributed by atoms with Gasteiger partial charge in [0.05, 0.1) is 6.26 Å². The van der Waals surface area contributed by atoms with Gasteiger partial charge in [0.25, 0.3) is 0 Å². The third-order valence-corrected chi connectivity index (χ3v) is 4.74. The van der Waals surface area contributed by atoms with Crippen LogP contribution in [0.3, 0.4) is 0 Å².